The molecule has 3 aromatic rings. The Bertz CT molecular complexity index is 1330. The van der Waals surface area contributed by atoms with E-state index in [1.54, 1.807) is 31.3 Å². The second-order valence-corrected chi connectivity index (χ2v) is 8.87. The van der Waals surface area contributed by atoms with Crippen molar-refractivity contribution in [1.82, 2.24) is 0 Å². The molecule has 0 heterocycles. The minimum atomic E-state index is -4.88. The normalized spacial score (nSPS) is 12.0. The molecule has 0 saturated heterocycles. The van der Waals surface area contributed by atoms with Gasteiger partial charge >= 0.3 is 0 Å². The Morgan fingerprint density at radius 2 is 1.59 bits per heavy atom. The molecule has 0 atom stereocenters. The summed E-state index contributed by atoms with van der Waals surface area (Å²) in [7, 11) is -7.93. The summed E-state index contributed by atoms with van der Waals surface area (Å²) in [5.41, 5.74) is 1.01. The van der Waals surface area contributed by atoms with E-state index in [9.17, 15) is 30.7 Å². The zero-order valence-electron chi connectivity index (χ0n) is 14.9. The van der Waals surface area contributed by atoms with Gasteiger partial charge < -0.3 is 10.6 Å². The van der Waals surface area contributed by atoms with Crippen molar-refractivity contribution >= 4 is 48.3 Å². The predicted octanol–water partition coefficient (Wildman–Crippen LogP) is 2.63. The average Bonchev–Trinajstić information content (AvgIpc) is 2.65. The Morgan fingerprint density at radius 1 is 0.897 bits per heavy atom. The average molecular weight is 436 g/mol. The van der Waals surface area contributed by atoms with E-state index in [0.29, 0.717) is 11.8 Å². The first-order valence-electron chi connectivity index (χ1n) is 8.11. The number of rotatable bonds is 5. The van der Waals surface area contributed by atoms with Gasteiger partial charge in [-0.2, -0.15) is 16.8 Å². The fourth-order valence-corrected chi connectivity index (χ4v) is 4.21. The molecule has 0 saturated carbocycles. The Hall–Kier alpha value is -2.99. The van der Waals surface area contributed by atoms with Crippen LogP contribution in [0.15, 0.2) is 64.4 Å². The van der Waals surface area contributed by atoms with Gasteiger partial charge in [0.15, 0.2) is 0 Å². The molecule has 4 N–H and O–H groups in total. The van der Waals surface area contributed by atoms with Gasteiger partial charge in [0, 0.05) is 23.7 Å². The number of fused-ring (bicyclic) bond motifs is 1. The van der Waals surface area contributed by atoms with Crippen molar-refractivity contribution in [2.24, 2.45) is 0 Å². The lowest BCUT2D eigenvalue weighted by atomic mass is 10.1. The Kier molecular flexibility index (Phi) is 5.32. The number of carbonyl (C=O) groups excluding carboxylic acids is 1. The number of amides is 1. The maximum absolute atomic E-state index is 12.6. The van der Waals surface area contributed by atoms with Crippen LogP contribution in [0.2, 0.25) is 0 Å². The molecule has 0 aliphatic rings. The third-order valence-corrected chi connectivity index (χ3v) is 5.86. The summed E-state index contributed by atoms with van der Waals surface area (Å²) in [6.07, 6.45) is 0. The summed E-state index contributed by atoms with van der Waals surface area (Å²) in [4.78, 5) is 11.2. The zero-order valence-corrected chi connectivity index (χ0v) is 16.6. The van der Waals surface area contributed by atoms with E-state index in [1.165, 1.54) is 18.2 Å². The van der Waals surface area contributed by atoms with Crippen LogP contribution in [0.5, 0.6) is 0 Å². The van der Waals surface area contributed by atoms with Gasteiger partial charge in [0.2, 0.25) is 0 Å². The van der Waals surface area contributed by atoms with Crippen LogP contribution in [0.4, 0.5) is 11.4 Å². The van der Waals surface area contributed by atoms with E-state index in [1.807, 2.05) is 0 Å². The van der Waals surface area contributed by atoms with E-state index in [0.717, 1.165) is 6.07 Å². The molecule has 152 valence electrons. The lowest BCUT2D eigenvalue weighted by Crippen LogP contribution is -2.13. The molecule has 29 heavy (non-hydrogen) atoms. The predicted molar refractivity (Wildman–Crippen MR) is 108 cm³/mol. The number of anilines is 2. The third-order valence-electron chi connectivity index (χ3n) is 4.15. The van der Waals surface area contributed by atoms with Crippen LogP contribution in [0.25, 0.3) is 10.8 Å². The van der Waals surface area contributed by atoms with Crippen LogP contribution in [-0.4, -0.2) is 38.9 Å². The molecular formula is C18H16N2O7S2. The number of hydrogen-bond acceptors (Lipinski definition) is 6. The molecule has 0 aliphatic heterocycles. The standard InChI is InChI=1S/C18H16N2O7S2/c1-19-13-6-2-5-12(8-13)18(21)20-15-7-3-4-11-9-14(28(22,23)24)10-16(17(11)15)29(25,26)27/h2-10,19H,1H3,(H,20,21)(H,22,23,24)(H,25,26,27). The molecule has 1 amide bonds. The van der Waals surface area contributed by atoms with Gasteiger partial charge in [-0.1, -0.05) is 18.2 Å². The maximum Gasteiger partial charge on any atom is 0.295 e. The molecule has 0 fully saturated rings. The van der Waals surface area contributed by atoms with Crippen molar-refractivity contribution in [3.63, 3.8) is 0 Å². The van der Waals surface area contributed by atoms with Crippen LogP contribution in [0, 0.1) is 0 Å². The molecule has 0 unspecified atom stereocenters. The van der Waals surface area contributed by atoms with Crippen molar-refractivity contribution < 1.29 is 30.7 Å². The van der Waals surface area contributed by atoms with Gasteiger partial charge in [0.05, 0.1) is 10.6 Å². The molecule has 0 aliphatic carbocycles. The number of benzene rings is 3. The largest absolute Gasteiger partial charge is 0.388 e. The molecule has 3 aromatic carbocycles. The van der Waals surface area contributed by atoms with Gasteiger partial charge in [0.1, 0.15) is 4.90 Å². The van der Waals surface area contributed by atoms with Gasteiger partial charge in [0.25, 0.3) is 26.1 Å². The summed E-state index contributed by atoms with van der Waals surface area (Å²) >= 11 is 0. The number of hydrogen-bond donors (Lipinski definition) is 4. The van der Waals surface area contributed by atoms with E-state index in [-0.39, 0.29) is 22.0 Å². The summed E-state index contributed by atoms with van der Waals surface area (Å²) in [5, 5.41) is 5.44. The smallest absolute Gasteiger partial charge is 0.295 e. The zero-order chi connectivity index (χ0) is 21.4. The van der Waals surface area contributed by atoms with Gasteiger partial charge in [-0.05, 0) is 41.8 Å². The van der Waals surface area contributed by atoms with E-state index >= 15 is 0 Å². The van der Waals surface area contributed by atoms with Crippen LogP contribution in [-0.2, 0) is 20.2 Å². The SMILES string of the molecule is CNc1cccc(C(=O)Nc2cccc3cc(S(=O)(=O)O)cc(S(=O)(=O)O)c23)c1. The highest BCUT2D eigenvalue weighted by molar-refractivity contribution is 7.86. The van der Waals surface area contributed by atoms with E-state index in [4.69, 9.17) is 0 Å². The van der Waals surface area contributed by atoms with Crippen molar-refractivity contribution in [3.05, 3.63) is 60.2 Å². The topological polar surface area (TPSA) is 150 Å². The molecule has 0 aromatic heterocycles. The Labute approximate surface area is 166 Å². The van der Waals surface area contributed by atoms with E-state index in [2.05, 4.69) is 10.6 Å². The highest BCUT2D eigenvalue weighted by atomic mass is 32.2. The summed E-state index contributed by atoms with van der Waals surface area (Å²) in [5.74, 6) is -0.547. The molecular weight excluding hydrogens is 420 g/mol. The maximum atomic E-state index is 12.6. The molecule has 9 nitrogen and oxygen atoms in total. The van der Waals surface area contributed by atoms with Gasteiger partial charge in [-0.3, -0.25) is 13.9 Å². The van der Waals surface area contributed by atoms with Crippen molar-refractivity contribution in [1.29, 1.82) is 0 Å². The second kappa shape index (κ2) is 7.44. The minimum Gasteiger partial charge on any atom is -0.388 e. The van der Waals surface area contributed by atoms with Crippen LogP contribution in [0.1, 0.15) is 10.4 Å². The quantitative estimate of drug-likeness (QED) is 0.446. The molecule has 11 heteroatoms. The fraction of sp³-hybridized carbons (Fsp3) is 0.0556. The van der Waals surface area contributed by atoms with Crippen molar-refractivity contribution in [3.8, 4) is 0 Å². The number of carbonyl (C=O) groups is 1. The highest BCUT2D eigenvalue weighted by Crippen LogP contribution is 2.33. The minimum absolute atomic E-state index is 0.0388. The van der Waals surface area contributed by atoms with Crippen LogP contribution in [0.3, 0.4) is 0 Å². The van der Waals surface area contributed by atoms with Crippen LogP contribution < -0.4 is 10.6 Å². The highest BCUT2D eigenvalue weighted by Gasteiger charge is 2.23. The molecule has 3 rings (SSSR count). The van der Waals surface area contributed by atoms with Crippen LogP contribution >= 0.6 is 0 Å². The monoisotopic (exact) mass is 436 g/mol. The first kappa shape index (κ1) is 20.7. The fourth-order valence-electron chi connectivity index (χ4n) is 2.83. The van der Waals surface area contributed by atoms with Crippen molar-refractivity contribution in [2.75, 3.05) is 17.7 Å². The summed E-state index contributed by atoms with van der Waals surface area (Å²) in [6, 6.07) is 12.5. The van der Waals surface area contributed by atoms with Gasteiger partial charge in [-0.15, -0.1) is 0 Å². The third kappa shape index (κ3) is 4.38. The summed E-state index contributed by atoms with van der Waals surface area (Å²) < 4.78 is 65.6. The first-order valence-corrected chi connectivity index (χ1v) is 11.0. The van der Waals surface area contributed by atoms with Crippen molar-refractivity contribution in [2.45, 2.75) is 9.79 Å². The molecule has 0 spiro atoms. The van der Waals surface area contributed by atoms with E-state index < -0.39 is 35.9 Å². The number of nitrogens with one attached hydrogen (secondary N) is 2. The lowest BCUT2D eigenvalue weighted by molar-refractivity contribution is 0.102. The first-order chi connectivity index (χ1) is 13.5. The Morgan fingerprint density at radius 3 is 2.21 bits per heavy atom. The second-order valence-electron chi connectivity index (χ2n) is 6.06. The molecule has 0 radical (unpaired) electrons. The van der Waals surface area contributed by atoms with Gasteiger partial charge in [-0.25, -0.2) is 0 Å². The lowest BCUT2D eigenvalue weighted by Gasteiger charge is -2.13. The molecule has 0 bridgehead atoms. The summed E-state index contributed by atoms with van der Waals surface area (Å²) in [6.45, 7) is 0. The Balaban J connectivity index is 2.20.